The molecule has 4 atom stereocenters. The summed E-state index contributed by atoms with van der Waals surface area (Å²) in [5.74, 6) is 0. The Balaban J connectivity index is 2.71. The predicted molar refractivity (Wildman–Crippen MR) is 41.5 cm³/mol. The zero-order valence-corrected chi connectivity index (χ0v) is 6.96. The number of aliphatic hydroxyl groups excluding tert-OH is 4. The van der Waals surface area contributed by atoms with Crippen LogP contribution in [0.15, 0.2) is 0 Å². The molecule has 1 aliphatic rings. The Morgan fingerprint density at radius 1 is 1.00 bits per heavy atom. The van der Waals surface area contributed by atoms with E-state index in [9.17, 15) is 10.2 Å². The predicted octanol–water partition coefficient (Wildman–Crippen LogP) is -2.62. The van der Waals surface area contributed by atoms with Crippen molar-refractivity contribution in [3.63, 3.8) is 0 Å². The third kappa shape index (κ3) is 1.34. The van der Waals surface area contributed by atoms with Crippen LogP contribution in [0.3, 0.4) is 0 Å². The summed E-state index contributed by atoms with van der Waals surface area (Å²) >= 11 is 0. The van der Waals surface area contributed by atoms with Crippen molar-refractivity contribution < 1.29 is 20.4 Å². The number of hydrogen-bond donors (Lipinski definition) is 4. The molecule has 1 fully saturated rings. The molecular weight excluding hydrogens is 162 g/mol. The molecule has 4 N–H and O–H groups in total. The SMILES string of the molecule is CN1C(CO)C(O)[C@@H](O)C1CO. The lowest BCUT2D eigenvalue weighted by Gasteiger charge is -2.22. The van der Waals surface area contributed by atoms with Gasteiger partial charge >= 0.3 is 0 Å². The summed E-state index contributed by atoms with van der Waals surface area (Å²) in [6.07, 6.45) is -1.95. The molecule has 0 radical (unpaired) electrons. The lowest BCUT2D eigenvalue weighted by atomic mass is 10.1. The van der Waals surface area contributed by atoms with Gasteiger partial charge in [-0.2, -0.15) is 0 Å². The van der Waals surface area contributed by atoms with Gasteiger partial charge in [0.05, 0.1) is 37.5 Å². The van der Waals surface area contributed by atoms with Gasteiger partial charge in [-0.25, -0.2) is 0 Å². The van der Waals surface area contributed by atoms with E-state index in [4.69, 9.17) is 10.2 Å². The van der Waals surface area contributed by atoms with Crippen LogP contribution in [0.2, 0.25) is 0 Å². The molecule has 0 aromatic heterocycles. The van der Waals surface area contributed by atoms with Crippen molar-refractivity contribution in [1.82, 2.24) is 4.90 Å². The Labute approximate surface area is 70.9 Å². The second-order valence-electron chi connectivity index (χ2n) is 3.15. The first-order chi connectivity index (χ1) is 5.63. The van der Waals surface area contributed by atoms with E-state index in [1.165, 1.54) is 0 Å². The van der Waals surface area contributed by atoms with Gasteiger partial charge in [-0.05, 0) is 7.05 Å². The molecule has 5 heteroatoms. The molecule has 5 nitrogen and oxygen atoms in total. The number of nitrogens with zero attached hydrogens (tertiary/aromatic N) is 1. The molecule has 0 amide bonds. The van der Waals surface area contributed by atoms with Gasteiger partial charge in [0, 0.05) is 0 Å². The van der Waals surface area contributed by atoms with Crippen molar-refractivity contribution in [1.29, 1.82) is 0 Å². The van der Waals surface area contributed by atoms with Crippen molar-refractivity contribution in [2.75, 3.05) is 20.3 Å². The second-order valence-corrected chi connectivity index (χ2v) is 3.15. The van der Waals surface area contributed by atoms with Gasteiger partial charge in [0.2, 0.25) is 0 Å². The van der Waals surface area contributed by atoms with Crippen LogP contribution in [0.5, 0.6) is 0 Å². The normalized spacial score (nSPS) is 43.8. The van der Waals surface area contributed by atoms with E-state index >= 15 is 0 Å². The van der Waals surface area contributed by atoms with Crippen LogP contribution in [-0.4, -0.2) is 69.9 Å². The maximum atomic E-state index is 9.37. The average Bonchev–Trinajstić information content (AvgIpc) is 2.25. The number of likely N-dealkylation sites (tertiary alicyclic amines) is 1. The first-order valence-corrected chi connectivity index (χ1v) is 3.93. The third-order valence-corrected chi connectivity index (χ3v) is 2.56. The summed E-state index contributed by atoms with van der Waals surface area (Å²) in [6, 6.07) is -0.950. The molecule has 12 heavy (non-hydrogen) atoms. The minimum atomic E-state index is -0.975. The van der Waals surface area contributed by atoms with Crippen LogP contribution in [0.4, 0.5) is 0 Å². The number of aliphatic hydroxyl groups is 4. The zero-order chi connectivity index (χ0) is 9.30. The Morgan fingerprint density at radius 2 is 1.33 bits per heavy atom. The summed E-state index contributed by atoms with van der Waals surface area (Å²) in [5.41, 5.74) is 0. The summed E-state index contributed by atoms with van der Waals surface area (Å²) in [4.78, 5) is 1.59. The van der Waals surface area contributed by atoms with Crippen LogP contribution in [-0.2, 0) is 0 Å². The third-order valence-electron chi connectivity index (χ3n) is 2.56. The molecule has 0 aromatic rings. The van der Waals surface area contributed by atoms with Crippen LogP contribution >= 0.6 is 0 Å². The Kier molecular flexibility index (Phi) is 3.03. The van der Waals surface area contributed by atoms with Crippen LogP contribution < -0.4 is 0 Å². The van der Waals surface area contributed by atoms with E-state index in [0.717, 1.165) is 0 Å². The second kappa shape index (κ2) is 3.68. The van der Waals surface area contributed by atoms with Crippen LogP contribution in [0.25, 0.3) is 0 Å². The molecule has 0 bridgehead atoms. The summed E-state index contributed by atoms with van der Waals surface area (Å²) < 4.78 is 0. The molecular formula is C7H15NO4. The molecule has 72 valence electrons. The molecule has 0 saturated carbocycles. The Hall–Kier alpha value is -0.200. The van der Waals surface area contributed by atoms with Crippen molar-refractivity contribution >= 4 is 0 Å². The fourth-order valence-electron chi connectivity index (χ4n) is 1.66. The van der Waals surface area contributed by atoms with E-state index in [1.807, 2.05) is 0 Å². The molecule has 0 aliphatic carbocycles. The lowest BCUT2D eigenvalue weighted by molar-refractivity contribution is 0.0130. The molecule has 1 aliphatic heterocycles. The van der Waals surface area contributed by atoms with Crippen molar-refractivity contribution in [3.05, 3.63) is 0 Å². The highest BCUT2D eigenvalue weighted by Gasteiger charge is 2.44. The van der Waals surface area contributed by atoms with Crippen LogP contribution in [0, 0.1) is 0 Å². The van der Waals surface area contributed by atoms with Gasteiger partial charge in [-0.1, -0.05) is 0 Å². The molecule has 0 spiro atoms. The molecule has 1 heterocycles. The highest BCUT2D eigenvalue weighted by atomic mass is 16.3. The largest absolute Gasteiger partial charge is 0.395 e. The van der Waals surface area contributed by atoms with Gasteiger partial charge in [0.15, 0.2) is 0 Å². The smallest absolute Gasteiger partial charge is 0.0992 e. The lowest BCUT2D eigenvalue weighted by Crippen LogP contribution is -2.39. The maximum absolute atomic E-state index is 9.37. The Bertz CT molecular complexity index is 138. The topological polar surface area (TPSA) is 84.2 Å². The van der Waals surface area contributed by atoms with Gasteiger partial charge in [-0.3, -0.25) is 4.90 Å². The molecule has 1 saturated heterocycles. The monoisotopic (exact) mass is 177 g/mol. The van der Waals surface area contributed by atoms with Crippen molar-refractivity contribution in [2.45, 2.75) is 24.3 Å². The van der Waals surface area contributed by atoms with Crippen molar-refractivity contribution in [2.24, 2.45) is 0 Å². The molecule has 3 unspecified atom stereocenters. The zero-order valence-electron chi connectivity index (χ0n) is 6.96. The van der Waals surface area contributed by atoms with Gasteiger partial charge < -0.3 is 20.4 Å². The average molecular weight is 177 g/mol. The molecule has 0 aromatic carbocycles. The number of likely N-dealkylation sites (N-methyl/N-ethyl adjacent to an activating group) is 1. The van der Waals surface area contributed by atoms with Crippen molar-refractivity contribution in [3.8, 4) is 0 Å². The van der Waals surface area contributed by atoms with E-state index in [2.05, 4.69) is 0 Å². The minimum absolute atomic E-state index is 0.217. The highest BCUT2D eigenvalue weighted by molar-refractivity contribution is 4.98. The van der Waals surface area contributed by atoms with E-state index in [0.29, 0.717) is 0 Å². The van der Waals surface area contributed by atoms with Gasteiger partial charge in [0.1, 0.15) is 0 Å². The van der Waals surface area contributed by atoms with Gasteiger partial charge in [-0.15, -0.1) is 0 Å². The standard InChI is InChI=1S/C7H15NO4/c1-8-4(2-9)6(11)7(12)5(8)3-10/h4-7,9-12H,2-3H2,1H3/t4?,5?,6-,7?/m0/s1. The minimum Gasteiger partial charge on any atom is -0.395 e. The number of rotatable bonds is 2. The quantitative estimate of drug-likeness (QED) is 0.371. The fourth-order valence-corrected chi connectivity index (χ4v) is 1.66. The highest BCUT2D eigenvalue weighted by Crippen LogP contribution is 2.22. The first kappa shape index (κ1) is 9.88. The van der Waals surface area contributed by atoms with E-state index in [-0.39, 0.29) is 13.2 Å². The van der Waals surface area contributed by atoms with E-state index < -0.39 is 24.3 Å². The number of hydrogen-bond acceptors (Lipinski definition) is 5. The van der Waals surface area contributed by atoms with Crippen LogP contribution in [0.1, 0.15) is 0 Å². The van der Waals surface area contributed by atoms with E-state index in [1.54, 1.807) is 11.9 Å². The van der Waals surface area contributed by atoms with Gasteiger partial charge in [0.25, 0.3) is 0 Å². The Morgan fingerprint density at radius 3 is 1.50 bits per heavy atom. The summed E-state index contributed by atoms with van der Waals surface area (Å²) in [5, 5.41) is 36.4. The maximum Gasteiger partial charge on any atom is 0.0992 e. The molecule has 1 rings (SSSR count). The summed E-state index contributed by atoms with van der Waals surface area (Å²) in [6.45, 7) is -0.434. The first-order valence-electron chi connectivity index (χ1n) is 3.93. The fraction of sp³-hybridized carbons (Fsp3) is 1.00. The summed E-state index contributed by atoms with van der Waals surface area (Å²) in [7, 11) is 1.65.